The molecule has 11 nitrogen and oxygen atoms in total. The third kappa shape index (κ3) is 1800. The molecular formula is C13H7Co3O11-. The molecule has 0 aromatic carbocycles. The SMILES string of the molecule is [C-]#[O+].[C-]#[O+].[C-]#[O+].[C-]#[O+].[C-]#[O+].[C-]#[O+].[C-]#[O+].[C-]#[O+].[C-]#[O+].[CH2-]CC(=O)OC.[Co].[Co].[Co]. The van der Waals surface area contributed by atoms with Crippen LogP contribution in [0.4, 0.5) is 0 Å². The van der Waals surface area contributed by atoms with E-state index in [4.69, 9.17) is 41.9 Å². The second-order valence-electron chi connectivity index (χ2n) is 0.826. The smallest absolute Gasteiger partial charge is 0.275 e. The summed E-state index contributed by atoms with van der Waals surface area (Å²) in [6.07, 6.45) is 0.219. The van der Waals surface area contributed by atoms with Crippen molar-refractivity contribution in [1.82, 2.24) is 0 Å². The first-order chi connectivity index (χ1) is 11.8. The summed E-state index contributed by atoms with van der Waals surface area (Å²) < 4.78 is 71.7. The Labute approximate surface area is 187 Å². The molecule has 0 saturated heterocycles. The Morgan fingerprint density at radius 2 is 0.704 bits per heavy atom. The van der Waals surface area contributed by atoms with Gasteiger partial charge < -0.3 is 11.7 Å². The van der Waals surface area contributed by atoms with Crippen LogP contribution in [0.3, 0.4) is 0 Å². The molecule has 0 atom stereocenters. The fourth-order valence-electron chi connectivity index (χ4n) is 0.102. The predicted octanol–water partition coefficient (Wildman–Crippen LogP) is 0.0385. The van der Waals surface area contributed by atoms with E-state index in [9.17, 15) is 4.79 Å². The molecule has 27 heavy (non-hydrogen) atoms. The van der Waals surface area contributed by atoms with Gasteiger partial charge in [0.15, 0.2) is 0 Å². The molecule has 0 aliphatic carbocycles. The molecule has 0 aromatic heterocycles. The topological polar surface area (TPSA) is 205 Å². The van der Waals surface area contributed by atoms with Gasteiger partial charge in [0.1, 0.15) is 0 Å². The van der Waals surface area contributed by atoms with Gasteiger partial charge in [-0.3, -0.25) is 4.79 Å². The van der Waals surface area contributed by atoms with Gasteiger partial charge in [0.25, 0.3) is 5.97 Å². The van der Waals surface area contributed by atoms with Crippen molar-refractivity contribution in [3.63, 3.8) is 0 Å². The van der Waals surface area contributed by atoms with Crippen molar-refractivity contribution in [2.45, 2.75) is 6.42 Å². The van der Waals surface area contributed by atoms with E-state index in [-0.39, 0.29) is 62.7 Å². The van der Waals surface area contributed by atoms with Crippen LogP contribution in [0.5, 0.6) is 0 Å². The Bertz CT molecular complexity index is 258. The van der Waals surface area contributed by atoms with E-state index in [1.165, 1.54) is 7.11 Å². The van der Waals surface area contributed by atoms with E-state index in [2.05, 4.69) is 71.5 Å². The maximum absolute atomic E-state index is 9.90. The Morgan fingerprint density at radius 3 is 0.704 bits per heavy atom. The summed E-state index contributed by atoms with van der Waals surface area (Å²) in [6, 6.07) is 0. The molecule has 14 heteroatoms. The largest absolute Gasteiger partial charge is 0.471 e. The molecule has 0 aliphatic rings. The molecule has 0 unspecified atom stereocenters. The Morgan fingerprint density at radius 1 is 0.593 bits per heavy atom. The van der Waals surface area contributed by atoms with E-state index in [1.54, 1.807) is 0 Å². The molecule has 0 bridgehead atoms. The molecule has 3 radical (unpaired) electrons. The minimum atomic E-state index is -0.269. The van der Waals surface area contributed by atoms with Crippen LogP contribution in [0.1, 0.15) is 6.42 Å². The van der Waals surface area contributed by atoms with Crippen molar-refractivity contribution < 1.29 is 102 Å². The Hall–Kier alpha value is -1.35. The van der Waals surface area contributed by atoms with Gasteiger partial charge in [-0.1, -0.05) is 6.42 Å². The molecule has 0 amide bonds. The van der Waals surface area contributed by atoms with Gasteiger partial charge in [0.2, 0.25) is 0 Å². The predicted molar refractivity (Wildman–Crippen MR) is 57.4 cm³/mol. The van der Waals surface area contributed by atoms with Gasteiger partial charge >= 0.3 is 102 Å². The third-order valence-electron chi connectivity index (χ3n) is 0.432. The van der Waals surface area contributed by atoms with Crippen molar-refractivity contribution in [2.24, 2.45) is 0 Å². The van der Waals surface area contributed by atoms with Crippen LogP contribution in [-0.2, 0) is 102 Å². The minimum absolute atomic E-state index is 0. The normalized spacial score (nSPS) is 2.37. The zero-order chi connectivity index (χ0) is 23.0. The van der Waals surface area contributed by atoms with Gasteiger partial charge in [-0.2, -0.15) is 0 Å². The quantitative estimate of drug-likeness (QED) is 0.269. The number of methoxy groups -OCH3 is 1. The zero-order valence-electron chi connectivity index (χ0n) is 12.9. The van der Waals surface area contributed by atoms with Gasteiger partial charge in [-0.15, -0.1) is 0 Å². The van der Waals surface area contributed by atoms with Crippen molar-refractivity contribution >= 4 is 5.97 Å². The zero-order valence-corrected chi connectivity index (χ0v) is 16.0. The monoisotopic (exact) mass is 516 g/mol. The molecule has 0 N–H and O–H groups in total. The van der Waals surface area contributed by atoms with E-state index >= 15 is 0 Å². The number of carbonyl (C=O) groups excluding carboxylic acids is 1. The van der Waals surface area contributed by atoms with Crippen molar-refractivity contribution in [3.8, 4) is 0 Å². The van der Waals surface area contributed by atoms with E-state index in [1.807, 2.05) is 0 Å². The number of rotatable bonds is 1. The summed E-state index contributed by atoms with van der Waals surface area (Å²) in [5.74, 6) is -0.269. The standard InChI is InChI=1S/C4H7O2.9CO.3Co/c1-3-4(5)6-2;9*1-2;;;/h1,3H2,2H3;;;;;;;;;;;;/q-1;;;;;;;;;;;;. The number of carbonyl (C=O) groups is 1. The van der Waals surface area contributed by atoms with Crippen molar-refractivity contribution in [1.29, 1.82) is 0 Å². The summed E-state index contributed by atoms with van der Waals surface area (Å²) in [4.78, 5) is 9.90. The fourth-order valence-corrected chi connectivity index (χ4v) is 0.102. The third-order valence-corrected chi connectivity index (χ3v) is 0.432. The maximum Gasteiger partial charge on any atom is 0.275 e. The molecule has 153 valence electrons. The van der Waals surface area contributed by atoms with Crippen LogP contribution < -0.4 is 0 Å². The second kappa shape index (κ2) is 1040. The average Bonchev–Trinajstić information content (AvgIpc) is 2.80. The molecule has 0 saturated carbocycles. The number of ether oxygens (including phenoxy) is 1. The van der Waals surface area contributed by atoms with Crippen LogP contribution >= 0.6 is 0 Å². The Balaban J connectivity index is -0.00000000761. The summed E-state index contributed by atoms with van der Waals surface area (Å²) in [5, 5.41) is 0. The molecule has 0 spiro atoms. The van der Waals surface area contributed by atoms with Crippen LogP contribution in [-0.4, -0.2) is 13.1 Å². The van der Waals surface area contributed by atoms with Crippen LogP contribution in [0.15, 0.2) is 0 Å². The number of hydrogen-bond donors (Lipinski definition) is 0. The molecule has 0 aromatic rings. The Kier molecular flexibility index (Phi) is 3730. The summed E-state index contributed by atoms with van der Waals surface area (Å²) in [6.45, 7) is 43.8. The summed E-state index contributed by atoms with van der Waals surface area (Å²) in [7, 11) is 1.34. The number of esters is 1. The van der Waals surface area contributed by atoms with Crippen LogP contribution in [0.2, 0.25) is 0 Å². The van der Waals surface area contributed by atoms with Gasteiger partial charge in [-0.25, -0.2) is 0 Å². The van der Waals surface area contributed by atoms with Crippen LogP contribution in [0.25, 0.3) is 0 Å². The van der Waals surface area contributed by atoms with Crippen molar-refractivity contribution in [3.05, 3.63) is 66.8 Å². The van der Waals surface area contributed by atoms with Gasteiger partial charge in [0.05, 0.1) is 7.11 Å². The fraction of sp³-hybridized carbons (Fsp3) is 0.154. The molecule has 0 heterocycles. The first-order valence-electron chi connectivity index (χ1n) is 3.51. The van der Waals surface area contributed by atoms with E-state index in [0.717, 1.165) is 0 Å². The average molecular weight is 516 g/mol. The van der Waals surface area contributed by atoms with Crippen LogP contribution in [0, 0.1) is 66.8 Å². The molecular weight excluding hydrogens is 509 g/mol. The summed E-state index contributed by atoms with van der Waals surface area (Å²) in [5.41, 5.74) is 0. The molecule has 0 rings (SSSR count). The summed E-state index contributed by atoms with van der Waals surface area (Å²) >= 11 is 0. The van der Waals surface area contributed by atoms with E-state index < -0.39 is 0 Å². The maximum atomic E-state index is 9.90. The first-order valence-corrected chi connectivity index (χ1v) is 3.51. The van der Waals surface area contributed by atoms with Gasteiger partial charge in [-0.05, 0) is 0 Å². The minimum Gasteiger partial charge on any atom is -0.471 e. The van der Waals surface area contributed by atoms with E-state index in [0.29, 0.717) is 0 Å². The first kappa shape index (κ1) is 97.4. The number of hydrogen-bond acceptors (Lipinski definition) is 2. The molecule has 0 fully saturated rings. The van der Waals surface area contributed by atoms with Crippen molar-refractivity contribution in [2.75, 3.05) is 7.11 Å². The van der Waals surface area contributed by atoms with Gasteiger partial charge in [0, 0.05) is 50.3 Å². The molecule has 0 aliphatic heterocycles. The second-order valence-corrected chi connectivity index (χ2v) is 0.826.